The lowest BCUT2D eigenvalue weighted by atomic mass is 9.85. The van der Waals surface area contributed by atoms with E-state index in [1.54, 1.807) is 14.0 Å². The van der Waals surface area contributed by atoms with Gasteiger partial charge < -0.3 is 20.5 Å². The molecule has 0 heterocycles. The highest BCUT2D eigenvalue weighted by atomic mass is 16.5. The van der Waals surface area contributed by atoms with Gasteiger partial charge in [0, 0.05) is 19.7 Å². The molecule has 3 N–H and O–H groups in total. The zero-order valence-electron chi connectivity index (χ0n) is 12.1. The quantitative estimate of drug-likeness (QED) is 0.705. The summed E-state index contributed by atoms with van der Waals surface area (Å²) >= 11 is 0. The number of rotatable bonds is 5. The Morgan fingerprint density at radius 2 is 2.11 bits per heavy atom. The highest BCUT2D eigenvalue weighted by Crippen LogP contribution is 2.38. The third-order valence-corrected chi connectivity index (χ3v) is 3.98. The molecule has 19 heavy (non-hydrogen) atoms. The van der Waals surface area contributed by atoms with Gasteiger partial charge in [0.05, 0.1) is 11.0 Å². The van der Waals surface area contributed by atoms with E-state index < -0.39 is 17.0 Å². The number of aliphatic carboxylic acids is 1. The summed E-state index contributed by atoms with van der Waals surface area (Å²) < 4.78 is 5.20. The molecule has 1 aliphatic rings. The van der Waals surface area contributed by atoms with Crippen LogP contribution in [0.15, 0.2) is 0 Å². The summed E-state index contributed by atoms with van der Waals surface area (Å²) in [4.78, 5) is 23.1. The molecule has 0 aromatic rings. The first-order valence-electron chi connectivity index (χ1n) is 6.54. The van der Waals surface area contributed by atoms with Crippen molar-refractivity contribution in [3.63, 3.8) is 0 Å². The number of methoxy groups -OCH3 is 1. The van der Waals surface area contributed by atoms with Crippen LogP contribution in [0.3, 0.4) is 0 Å². The zero-order valence-corrected chi connectivity index (χ0v) is 12.1. The monoisotopic (exact) mass is 272 g/mol. The maximum Gasteiger partial charge on any atom is 0.315 e. The van der Waals surface area contributed by atoms with E-state index in [1.807, 2.05) is 13.8 Å². The van der Waals surface area contributed by atoms with Crippen molar-refractivity contribution < 1.29 is 19.4 Å². The van der Waals surface area contributed by atoms with Crippen LogP contribution in [0.5, 0.6) is 0 Å². The molecule has 110 valence electrons. The van der Waals surface area contributed by atoms with Crippen molar-refractivity contribution >= 4 is 12.0 Å². The number of carboxylic acid groups (broad SMARTS) is 1. The van der Waals surface area contributed by atoms with Crippen LogP contribution < -0.4 is 10.6 Å². The van der Waals surface area contributed by atoms with Gasteiger partial charge in [0.25, 0.3) is 0 Å². The number of hydrogen-bond donors (Lipinski definition) is 3. The average Bonchev–Trinajstić information content (AvgIpc) is 2.70. The highest BCUT2D eigenvalue weighted by molar-refractivity contribution is 5.79. The Kier molecular flexibility index (Phi) is 4.79. The van der Waals surface area contributed by atoms with Crippen LogP contribution in [0.4, 0.5) is 4.79 Å². The molecule has 0 radical (unpaired) electrons. The van der Waals surface area contributed by atoms with E-state index in [1.165, 1.54) is 0 Å². The van der Waals surface area contributed by atoms with Crippen molar-refractivity contribution in [1.29, 1.82) is 0 Å². The molecule has 1 rings (SSSR count). The van der Waals surface area contributed by atoms with E-state index in [-0.39, 0.29) is 12.1 Å². The standard InChI is InChI=1S/C13H24N2O4/c1-12(2,19-4)8-14-11(18)15-9-6-5-7-13(9,3)10(16)17/h9H,5-8H2,1-4H3,(H,16,17)(H2,14,15,18). The first-order valence-corrected chi connectivity index (χ1v) is 6.54. The number of hydrogen-bond acceptors (Lipinski definition) is 3. The molecule has 6 heteroatoms. The third kappa shape index (κ3) is 3.83. The topological polar surface area (TPSA) is 87.7 Å². The SMILES string of the molecule is COC(C)(C)CNC(=O)NC1CCCC1(C)C(=O)O. The van der Waals surface area contributed by atoms with Crippen molar-refractivity contribution in [1.82, 2.24) is 10.6 Å². The molecule has 0 spiro atoms. The molecule has 1 aliphatic carbocycles. The van der Waals surface area contributed by atoms with Gasteiger partial charge in [-0.2, -0.15) is 0 Å². The van der Waals surface area contributed by atoms with Crippen molar-refractivity contribution in [3.05, 3.63) is 0 Å². The van der Waals surface area contributed by atoms with Crippen LogP contribution >= 0.6 is 0 Å². The van der Waals surface area contributed by atoms with Gasteiger partial charge in [0.1, 0.15) is 0 Å². The fourth-order valence-corrected chi connectivity index (χ4v) is 2.23. The molecule has 2 atom stereocenters. The summed E-state index contributed by atoms with van der Waals surface area (Å²) in [5.41, 5.74) is -1.31. The molecule has 0 bridgehead atoms. The van der Waals surface area contributed by atoms with E-state index in [4.69, 9.17) is 4.74 Å². The van der Waals surface area contributed by atoms with Gasteiger partial charge in [0.2, 0.25) is 0 Å². The van der Waals surface area contributed by atoms with Crippen molar-refractivity contribution in [2.24, 2.45) is 5.41 Å². The van der Waals surface area contributed by atoms with E-state index in [0.717, 1.165) is 6.42 Å². The predicted octanol–water partition coefficient (Wildman–Crippen LogP) is 1.35. The number of ether oxygens (including phenoxy) is 1. The number of amides is 2. The third-order valence-electron chi connectivity index (χ3n) is 3.98. The molecule has 0 aromatic carbocycles. The normalized spacial score (nSPS) is 27.1. The summed E-state index contributed by atoms with van der Waals surface area (Å²) in [6, 6.07) is -0.667. The Bertz CT molecular complexity index is 357. The minimum Gasteiger partial charge on any atom is -0.481 e. The van der Waals surface area contributed by atoms with Crippen LogP contribution in [0.1, 0.15) is 40.0 Å². The Morgan fingerprint density at radius 1 is 1.47 bits per heavy atom. The summed E-state index contributed by atoms with van der Waals surface area (Å²) in [6.45, 7) is 5.78. The highest BCUT2D eigenvalue weighted by Gasteiger charge is 2.45. The number of urea groups is 1. The number of nitrogens with one attached hydrogen (secondary N) is 2. The maximum atomic E-state index is 11.8. The summed E-state index contributed by atoms with van der Waals surface area (Å²) in [6.07, 6.45) is 2.11. The van der Waals surface area contributed by atoms with Crippen molar-refractivity contribution in [2.75, 3.05) is 13.7 Å². The Labute approximate surface area is 113 Å². The van der Waals surface area contributed by atoms with Crippen LogP contribution in [0.2, 0.25) is 0 Å². The zero-order chi connectivity index (χ0) is 14.7. The minimum atomic E-state index is -0.867. The van der Waals surface area contributed by atoms with Gasteiger partial charge in [-0.1, -0.05) is 6.42 Å². The molecule has 2 unspecified atom stereocenters. The van der Waals surface area contributed by atoms with Gasteiger partial charge >= 0.3 is 12.0 Å². The molecule has 6 nitrogen and oxygen atoms in total. The van der Waals surface area contributed by atoms with Crippen LogP contribution in [-0.4, -0.2) is 42.4 Å². The fraction of sp³-hybridized carbons (Fsp3) is 0.846. The van der Waals surface area contributed by atoms with Gasteiger partial charge in [0.15, 0.2) is 0 Å². The summed E-state index contributed by atoms with van der Waals surface area (Å²) in [5, 5.41) is 14.7. The molecule has 1 saturated carbocycles. The Morgan fingerprint density at radius 3 is 2.63 bits per heavy atom. The summed E-state index contributed by atoms with van der Waals surface area (Å²) in [5.74, 6) is -0.854. The smallest absolute Gasteiger partial charge is 0.315 e. The molecule has 1 fully saturated rings. The molecule has 0 aliphatic heterocycles. The van der Waals surface area contributed by atoms with Gasteiger partial charge in [-0.3, -0.25) is 4.79 Å². The largest absolute Gasteiger partial charge is 0.481 e. The lowest BCUT2D eigenvalue weighted by Crippen LogP contribution is -2.52. The number of carbonyl (C=O) groups excluding carboxylic acids is 1. The van der Waals surface area contributed by atoms with Crippen molar-refractivity contribution in [3.8, 4) is 0 Å². The maximum absolute atomic E-state index is 11.8. The summed E-state index contributed by atoms with van der Waals surface area (Å²) in [7, 11) is 1.58. The lowest BCUT2D eigenvalue weighted by Gasteiger charge is -2.29. The first kappa shape index (κ1) is 15.8. The van der Waals surface area contributed by atoms with Gasteiger partial charge in [-0.25, -0.2) is 4.79 Å². The lowest BCUT2D eigenvalue weighted by molar-refractivity contribution is -0.148. The van der Waals surface area contributed by atoms with Crippen LogP contribution in [0, 0.1) is 5.41 Å². The Hall–Kier alpha value is -1.30. The van der Waals surface area contributed by atoms with E-state index in [9.17, 15) is 14.7 Å². The predicted molar refractivity (Wildman–Crippen MR) is 71.0 cm³/mol. The second kappa shape index (κ2) is 5.77. The van der Waals surface area contributed by atoms with Crippen LogP contribution in [-0.2, 0) is 9.53 Å². The van der Waals surface area contributed by atoms with Crippen molar-refractivity contribution in [2.45, 2.75) is 51.7 Å². The molecule has 2 amide bonds. The van der Waals surface area contributed by atoms with E-state index >= 15 is 0 Å². The Balaban J connectivity index is 2.51. The van der Waals surface area contributed by atoms with Gasteiger partial charge in [-0.05, 0) is 33.6 Å². The molecule has 0 aromatic heterocycles. The fourth-order valence-electron chi connectivity index (χ4n) is 2.23. The number of carbonyl (C=O) groups is 2. The second-order valence-corrected chi connectivity index (χ2v) is 5.96. The second-order valence-electron chi connectivity index (χ2n) is 5.96. The van der Waals surface area contributed by atoms with Gasteiger partial charge in [-0.15, -0.1) is 0 Å². The van der Waals surface area contributed by atoms with Crippen LogP contribution in [0.25, 0.3) is 0 Å². The molecule has 0 saturated heterocycles. The van der Waals surface area contributed by atoms with E-state index in [0.29, 0.717) is 19.4 Å². The average molecular weight is 272 g/mol. The first-order chi connectivity index (χ1) is 8.71. The minimum absolute atomic E-state index is 0.323. The molecular formula is C13H24N2O4. The van der Waals surface area contributed by atoms with E-state index in [2.05, 4.69) is 10.6 Å². The number of carboxylic acids is 1. The molecular weight excluding hydrogens is 248 g/mol.